The van der Waals surface area contributed by atoms with E-state index in [0.29, 0.717) is 11.5 Å². The van der Waals surface area contributed by atoms with Gasteiger partial charge in [-0.15, -0.1) is 0 Å². The molecule has 0 saturated carbocycles. The topological polar surface area (TPSA) is 29.9 Å². The molecule has 1 fully saturated rings. The molecule has 1 N–H and O–H groups in total. The quantitative estimate of drug-likeness (QED) is 0.796. The summed E-state index contributed by atoms with van der Waals surface area (Å²) < 4.78 is 16.5. The van der Waals surface area contributed by atoms with Crippen LogP contribution in [0.5, 0.6) is 0 Å². The first-order valence-electron chi connectivity index (χ1n) is 8.24. The van der Waals surface area contributed by atoms with Crippen molar-refractivity contribution in [3.05, 3.63) is 54.3 Å². The third-order valence-electron chi connectivity index (χ3n) is 4.67. The van der Waals surface area contributed by atoms with Crippen LogP contribution in [0.3, 0.4) is 0 Å². The van der Waals surface area contributed by atoms with Crippen molar-refractivity contribution in [2.45, 2.75) is 19.4 Å². The predicted octanol–water partition coefficient (Wildman–Crippen LogP) is 3.84. The van der Waals surface area contributed by atoms with Crippen LogP contribution in [0, 0.1) is 11.7 Å². The van der Waals surface area contributed by atoms with Gasteiger partial charge < -0.3 is 9.88 Å². The molecule has 0 aliphatic carbocycles. The van der Waals surface area contributed by atoms with Crippen LogP contribution in [-0.2, 0) is 6.54 Å². The van der Waals surface area contributed by atoms with E-state index in [1.807, 2.05) is 30.3 Å². The average Bonchev–Trinajstić information content (AvgIpc) is 2.95. The molecule has 1 saturated heterocycles. The zero-order valence-electron chi connectivity index (χ0n) is 13.0. The van der Waals surface area contributed by atoms with Crippen molar-refractivity contribution >= 4 is 11.0 Å². The van der Waals surface area contributed by atoms with E-state index in [0.717, 1.165) is 49.3 Å². The van der Waals surface area contributed by atoms with Crippen LogP contribution >= 0.6 is 0 Å². The van der Waals surface area contributed by atoms with Crippen LogP contribution in [0.1, 0.15) is 12.8 Å². The van der Waals surface area contributed by atoms with E-state index in [4.69, 9.17) is 4.98 Å². The van der Waals surface area contributed by atoms with Crippen LogP contribution < -0.4 is 5.32 Å². The fourth-order valence-electron chi connectivity index (χ4n) is 3.43. The Morgan fingerprint density at radius 2 is 1.78 bits per heavy atom. The molecule has 3 aromatic rings. The number of benzene rings is 2. The van der Waals surface area contributed by atoms with Crippen molar-refractivity contribution in [3.63, 3.8) is 0 Å². The average molecular weight is 309 g/mol. The summed E-state index contributed by atoms with van der Waals surface area (Å²) in [7, 11) is 0. The molecule has 0 radical (unpaired) electrons. The molecule has 118 valence electrons. The number of fused-ring (bicyclic) bond motifs is 1. The van der Waals surface area contributed by atoms with Crippen LogP contribution in [0.4, 0.5) is 4.39 Å². The van der Waals surface area contributed by atoms with Gasteiger partial charge in [0.25, 0.3) is 0 Å². The Morgan fingerprint density at radius 1 is 1.04 bits per heavy atom. The normalized spacial score (nSPS) is 16.0. The first-order chi connectivity index (χ1) is 11.3. The molecule has 2 heterocycles. The zero-order chi connectivity index (χ0) is 15.6. The second kappa shape index (κ2) is 6.13. The van der Waals surface area contributed by atoms with Crippen LogP contribution in [0.25, 0.3) is 22.4 Å². The number of nitrogens with one attached hydrogen (secondary N) is 1. The molecule has 0 amide bonds. The summed E-state index contributed by atoms with van der Waals surface area (Å²) in [6.45, 7) is 3.02. The van der Waals surface area contributed by atoms with Crippen molar-refractivity contribution in [1.29, 1.82) is 0 Å². The van der Waals surface area contributed by atoms with E-state index in [-0.39, 0.29) is 5.82 Å². The minimum atomic E-state index is -0.214. The van der Waals surface area contributed by atoms with Gasteiger partial charge in [0.05, 0.1) is 16.6 Å². The van der Waals surface area contributed by atoms with Crippen molar-refractivity contribution in [2.24, 2.45) is 5.92 Å². The first-order valence-corrected chi connectivity index (χ1v) is 8.24. The summed E-state index contributed by atoms with van der Waals surface area (Å²) in [6, 6.07) is 15.0. The Labute approximate surface area is 135 Å². The summed E-state index contributed by atoms with van der Waals surface area (Å²) in [6.07, 6.45) is 2.31. The Kier molecular flexibility index (Phi) is 3.83. The van der Waals surface area contributed by atoms with Gasteiger partial charge in [0.2, 0.25) is 0 Å². The van der Waals surface area contributed by atoms with E-state index < -0.39 is 0 Å². The van der Waals surface area contributed by atoms with Crippen LogP contribution in [0.2, 0.25) is 0 Å². The fraction of sp³-hybridized carbons (Fsp3) is 0.316. The van der Waals surface area contributed by atoms with Gasteiger partial charge in [-0.05, 0) is 56.1 Å². The van der Waals surface area contributed by atoms with Gasteiger partial charge in [-0.2, -0.15) is 0 Å². The van der Waals surface area contributed by atoms with Crippen LogP contribution in [-0.4, -0.2) is 22.6 Å². The highest BCUT2D eigenvalue weighted by atomic mass is 19.1. The molecule has 1 aliphatic rings. The highest BCUT2D eigenvalue weighted by Gasteiger charge is 2.20. The molecule has 3 nitrogen and oxygen atoms in total. The van der Waals surface area contributed by atoms with Crippen molar-refractivity contribution in [1.82, 2.24) is 14.9 Å². The maximum Gasteiger partial charge on any atom is 0.144 e. The van der Waals surface area contributed by atoms with E-state index in [2.05, 4.69) is 16.0 Å². The summed E-state index contributed by atoms with van der Waals surface area (Å²) in [5, 5.41) is 3.40. The SMILES string of the molecule is Fc1ccccc1-c1nc2ccccc2n1CC1CCNCC1. The van der Waals surface area contributed by atoms with Gasteiger partial charge in [0.15, 0.2) is 0 Å². The summed E-state index contributed by atoms with van der Waals surface area (Å²) in [5.74, 6) is 1.14. The number of halogens is 1. The van der Waals surface area contributed by atoms with Crippen LogP contribution in [0.15, 0.2) is 48.5 Å². The molecule has 4 heteroatoms. The number of piperidine rings is 1. The molecule has 23 heavy (non-hydrogen) atoms. The number of aromatic nitrogens is 2. The largest absolute Gasteiger partial charge is 0.324 e. The van der Waals surface area contributed by atoms with Gasteiger partial charge in [0, 0.05) is 6.54 Å². The molecule has 0 spiro atoms. The number of nitrogens with zero attached hydrogens (tertiary/aromatic N) is 2. The molecule has 4 rings (SSSR count). The van der Waals surface area contributed by atoms with Gasteiger partial charge in [-0.1, -0.05) is 24.3 Å². The maximum atomic E-state index is 14.3. The van der Waals surface area contributed by atoms with E-state index in [1.54, 1.807) is 6.07 Å². The second-order valence-corrected chi connectivity index (χ2v) is 6.21. The molecule has 2 aromatic carbocycles. The number of hydrogen-bond donors (Lipinski definition) is 1. The third-order valence-corrected chi connectivity index (χ3v) is 4.67. The maximum absolute atomic E-state index is 14.3. The predicted molar refractivity (Wildman–Crippen MR) is 90.7 cm³/mol. The minimum Gasteiger partial charge on any atom is -0.324 e. The Bertz CT molecular complexity index is 818. The lowest BCUT2D eigenvalue weighted by Crippen LogP contribution is -2.30. The van der Waals surface area contributed by atoms with E-state index >= 15 is 0 Å². The highest BCUT2D eigenvalue weighted by Crippen LogP contribution is 2.29. The van der Waals surface area contributed by atoms with E-state index in [9.17, 15) is 4.39 Å². The minimum absolute atomic E-state index is 0.214. The van der Waals surface area contributed by atoms with Crippen molar-refractivity contribution in [2.75, 3.05) is 13.1 Å². The summed E-state index contributed by atoms with van der Waals surface area (Å²) in [4.78, 5) is 4.72. The number of hydrogen-bond acceptors (Lipinski definition) is 2. The van der Waals surface area contributed by atoms with Gasteiger partial charge >= 0.3 is 0 Å². The number of rotatable bonds is 3. The third kappa shape index (κ3) is 2.75. The van der Waals surface area contributed by atoms with Gasteiger partial charge in [-0.25, -0.2) is 9.37 Å². The Hall–Kier alpha value is -2.20. The van der Waals surface area contributed by atoms with Gasteiger partial charge in [0.1, 0.15) is 11.6 Å². The summed E-state index contributed by atoms with van der Waals surface area (Å²) >= 11 is 0. The Balaban J connectivity index is 1.83. The smallest absolute Gasteiger partial charge is 0.144 e. The molecule has 1 aliphatic heterocycles. The lowest BCUT2D eigenvalue weighted by molar-refractivity contribution is 0.337. The molecule has 1 aromatic heterocycles. The second-order valence-electron chi connectivity index (χ2n) is 6.21. The first kappa shape index (κ1) is 14.4. The van der Waals surface area contributed by atoms with Gasteiger partial charge in [-0.3, -0.25) is 0 Å². The molecule has 0 atom stereocenters. The molecule has 0 bridgehead atoms. The number of imidazole rings is 1. The lowest BCUT2D eigenvalue weighted by atomic mass is 9.98. The lowest BCUT2D eigenvalue weighted by Gasteiger charge is -2.24. The number of para-hydroxylation sites is 2. The van der Waals surface area contributed by atoms with Crippen molar-refractivity contribution in [3.8, 4) is 11.4 Å². The summed E-state index contributed by atoms with van der Waals surface area (Å²) in [5.41, 5.74) is 2.60. The monoisotopic (exact) mass is 309 g/mol. The molecular formula is C19H20FN3. The standard InChI is InChI=1S/C19H20FN3/c20-16-6-2-1-5-15(16)19-22-17-7-3-4-8-18(17)23(19)13-14-9-11-21-12-10-14/h1-8,14,21H,9-13H2. The fourth-order valence-corrected chi connectivity index (χ4v) is 3.43. The van der Waals surface area contributed by atoms with Crippen molar-refractivity contribution < 1.29 is 4.39 Å². The molecular weight excluding hydrogens is 289 g/mol. The Morgan fingerprint density at radius 3 is 2.61 bits per heavy atom. The molecule has 0 unspecified atom stereocenters. The van der Waals surface area contributed by atoms with E-state index in [1.165, 1.54) is 6.07 Å². The highest BCUT2D eigenvalue weighted by molar-refractivity contribution is 5.80. The zero-order valence-corrected chi connectivity index (χ0v) is 13.0.